The minimum atomic E-state index is -3.68. The van der Waals surface area contributed by atoms with Gasteiger partial charge in [-0.3, -0.25) is 4.79 Å². The van der Waals surface area contributed by atoms with Crippen LogP contribution in [0.1, 0.15) is 24.0 Å². The third-order valence-corrected chi connectivity index (χ3v) is 7.52. The van der Waals surface area contributed by atoms with Crippen LogP contribution in [-0.2, 0) is 21.4 Å². The van der Waals surface area contributed by atoms with E-state index < -0.39 is 15.9 Å². The number of sulfonamides is 1. The van der Waals surface area contributed by atoms with Crippen LogP contribution in [0.3, 0.4) is 0 Å². The fourth-order valence-corrected chi connectivity index (χ4v) is 5.53. The van der Waals surface area contributed by atoms with Crippen LogP contribution in [0.2, 0.25) is 0 Å². The van der Waals surface area contributed by atoms with E-state index in [0.29, 0.717) is 43.2 Å². The van der Waals surface area contributed by atoms with Gasteiger partial charge in [-0.15, -0.1) is 0 Å². The maximum atomic E-state index is 13.1. The third kappa shape index (κ3) is 4.47. The summed E-state index contributed by atoms with van der Waals surface area (Å²) in [5.41, 5.74) is 1.64. The molecule has 31 heavy (non-hydrogen) atoms. The monoisotopic (exact) mass is 446 g/mol. The van der Waals surface area contributed by atoms with E-state index in [1.54, 1.807) is 32.2 Å². The largest absolute Gasteiger partial charge is 0.496 e. The maximum absolute atomic E-state index is 13.1. The van der Waals surface area contributed by atoms with E-state index in [1.165, 1.54) is 4.31 Å². The molecule has 1 atom stereocenters. The Labute approximate surface area is 182 Å². The zero-order valence-electron chi connectivity index (χ0n) is 17.6. The van der Waals surface area contributed by atoms with Crippen molar-refractivity contribution in [3.8, 4) is 17.2 Å². The highest BCUT2D eigenvalue weighted by molar-refractivity contribution is 7.89. The molecule has 0 spiro atoms. The van der Waals surface area contributed by atoms with Crippen LogP contribution in [-0.4, -0.2) is 45.6 Å². The zero-order chi connectivity index (χ0) is 22.0. The van der Waals surface area contributed by atoms with Crippen LogP contribution < -0.4 is 19.5 Å². The highest BCUT2D eigenvalue weighted by atomic mass is 32.2. The number of nitrogens with one attached hydrogen (secondary N) is 1. The molecule has 0 bridgehead atoms. The summed E-state index contributed by atoms with van der Waals surface area (Å²) in [5, 5.41) is 2.92. The molecular formula is C22H26N2O6S. The third-order valence-electron chi connectivity index (χ3n) is 5.66. The first-order chi connectivity index (χ1) is 14.9. The second-order valence-electron chi connectivity index (χ2n) is 7.74. The maximum Gasteiger partial charge on any atom is 0.243 e. The van der Waals surface area contributed by atoms with Crippen molar-refractivity contribution < 1.29 is 27.4 Å². The fourth-order valence-electron chi connectivity index (χ4n) is 3.92. The summed E-state index contributed by atoms with van der Waals surface area (Å²) in [6.07, 6.45) is 1.29. The molecule has 0 aliphatic carbocycles. The molecule has 0 saturated carbocycles. The molecule has 8 nitrogen and oxygen atoms in total. The zero-order valence-corrected chi connectivity index (χ0v) is 18.4. The number of hydrogen-bond donors (Lipinski definition) is 1. The molecule has 0 unspecified atom stereocenters. The first kappa shape index (κ1) is 21.5. The number of nitrogens with zero attached hydrogens (tertiary/aromatic N) is 1. The van der Waals surface area contributed by atoms with Crippen LogP contribution in [0.25, 0.3) is 0 Å². The lowest BCUT2D eigenvalue weighted by atomic mass is 9.98. The lowest BCUT2D eigenvalue weighted by Gasteiger charge is -2.31. The van der Waals surface area contributed by atoms with Gasteiger partial charge in [0.15, 0.2) is 11.5 Å². The molecule has 2 aliphatic heterocycles. The topological polar surface area (TPSA) is 94.2 Å². The minimum Gasteiger partial charge on any atom is -0.496 e. The van der Waals surface area contributed by atoms with E-state index in [0.717, 1.165) is 11.1 Å². The molecule has 0 aromatic heterocycles. The molecule has 0 radical (unpaired) electrons. The van der Waals surface area contributed by atoms with Gasteiger partial charge in [0.2, 0.25) is 22.7 Å². The van der Waals surface area contributed by atoms with Gasteiger partial charge in [-0.1, -0.05) is 6.07 Å². The first-order valence-electron chi connectivity index (χ1n) is 10.2. The van der Waals surface area contributed by atoms with Gasteiger partial charge in [0.1, 0.15) is 5.75 Å². The van der Waals surface area contributed by atoms with E-state index in [4.69, 9.17) is 14.2 Å². The lowest BCUT2D eigenvalue weighted by Crippen LogP contribution is -2.45. The summed E-state index contributed by atoms with van der Waals surface area (Å²) >= 11 is 0. The van der Waals surface area contributed by atoms with Gasteiger partial charge >= 0.3 is 0 Å². The number of benzene rings is 2. The predicted octanol–water partition coefficient (Wildman–Crippen LogP) is 2.45. The normalized spacial score (nSPS) is 18.6. The number of piperidine rings is 1. The number of carbonyl (C=O) groups is 1. The molecule has 1 amide bonds. The summed E-state index contributed by atoms with van der Waals surface area (Å²) in [5.74, 6) is 1.45. The van der Waals surface area contributed by atoms with Crippen LogP contribution >= 0.6 is 0 Å². The Balaban J connectivity index is 1.40. The summed E-state index contributed by atoms with van der Waals surface area (Å²) in [6.45, 7) is 2.92. The lowest BCUT2D eigenvalue weighted by molar-refractivity contribution is -0.126. The van der Waals surface area contributed by atoms with Crippen LogP contribution in [0.4, 0.5) is 0 Å². The number of amides is 1. The van der Waals surface area contributed by atoms with Crippen LogP contribution in [0.15, 0.2) is 41.3 Å². The van der Waals surface area contributed by atoms with Gasteiger partial charge in [0, 0.05) is 19.6 Å². The highest BCUT2D eigenvalue weighted by Gasteiger charge is 2.33. The first-order valence-corrected chi connectivity index (χ1v) is 11.6. The van der Waals surface area contributed by atoms with Crippen molar-refractivity contribution in [2.24, 2.45) is 5.92 Å². The van der Waals surface area contributed by atoms with E-state index in [1.807, 2.05) is 18.2 Å². The quantitative estimate of drug-likeness (QED) is 0.733. The number of carbonyl (C=O) groups excluding carboxylic acids is 1. The van der Waals surface area contributed by atoms with E-state index in [-0.39, 0.29) is 24.1 Å². The second-order valence-corrected chi connectivity index (χ2v) is 9.68. The number of rotatable bonds is 6. The van der Waals surface area contributed by atoms with Crippen molar-refractivity contribution in [1.82, 2.24) is 9.62 Å². The average Bonchev–Trinajstić information content (AvgIpc) is 3.25. The Bertz CT molecular complexity index is 1090. The smallest absolute Gasteiger partial charge is 0.243 e. The molecular weight excluding hydrogens is 420 g/mol. The van der Waals surface area contributed by atoms with Crippen molar-refractivity contribution in [2.75, 3.05) is 27.0 Å². The minimum absolute atomic E-state index is 0.150. The number of hydrogen-bond acceptors (Lipinski definition) is 6. The second kappa shape index (κ2) is 8.76. The van der Waals surface area contributed by atoms with Gasteiger partial charge in [-0.2, -0.15) is 4.31 Å². The average molecular weight is 447 g/mol. The molecule has 166 valence electrons. The number of fused-ring (bicyclic) bond motifs is 1. The molecule has 4 rings (SSSR count). The van der Waals surface area contributed by atoms with Crippen molar-refractivity contribution in [2.45, 2.75) is 31.2 Å². The van der Waals surface area contributed by atoms with Crippen molar-refractivity contribution in [3.05, 3.63) is 47.5 Å². The molecule has 2 aromatic rings. The Hall–Kier alpha value is -2.78. The predicted molar refractivity (Wildman–Crippen MR) is 114 cm³/mol. The number of aryl methyl sites for hydroxylation is 1. The molecule has 2 heterocycles. The molecule has 1 saturated heterocycles. The summed E-state index contributed by atoms with van der Waals surface area (Å²) in [7, 11) is -2.13. The standard InChI is InChI=1S/C22H26N2O6S/c1-15-10-18(6-8-19(15)28-2)31(26,27)24-9-3-4-17(13-24)22(25)23-12-16-5-7-20-21(11-16)30-14-29-20/h5-8,10-11,17H,3-4,9,12-14H2,1-2H3,(H,23,25)/t17-/m1/s1. The van der Waals surface area contributed by atoms with Gasteiger partial charge in [0.05, 0.1) is 17.9 Å². The van der Waals surface area contributed by atoms with Crippen molar-refractivity contribution in [3.63, 3.8) is 0 Å². The van der Waals surface area contributed by atoms with E-state index in [9.17, 15) is 13.2 Å². The van der Waals surface area contributed by atoms with Gasteiger partial charge < -0.3 is 19.5 Å². The Morgan fingerprint density at radius 3 is 2.77 bits per heavy atom. The summed E-state index contributed by atoms with van der Waals surface area (Å²) < 4.78 is 43.5. The Morgan fingerprint density at radius 1 is 1.19 bits per heavy atom. The van der Waals surface area contributed by atoms with E-state index in [2.05, 4.69) is 5.32 Å². The molecule has 1 N–H and O–H groups in total. The summed E-state index contributed by atoms with van der Waals surface area (Å²) in [4.78, 5) is 13.0. The molecule has 9 heteroatoms. The molecule has 1 fully saturated rings. The molecule has 2 aromatic carbocycles. The fraction of sp³-hybridized carbons (Fsp3) is 0.409. The highest BCUT2D eigenvalue weighted by Crippen LogP contribution is 2.32. The summed E-state index contributed by atoms with van der Waals surface area (Å²) in [6, 6.07) is 10.3. The van der Waals surface area contributed by atoms with Gasteiger partial charge in [0.25, 0.3) is 0 Å². The molecule has 2 aliphatic rings. The van der Waals surface area contributed by atoms with Crippen LogP contribution in [0.5, 0.6) is 17.2 Å². The number of ether oxygens (including phenoxy) is 3. The van der Waals surface area contributed by atoms with Gasteiger partial charge in [-0.25, -0.2) is 8.42 Å². The van der Waals surface area contributed by atoms with Crippen molar-refractivity contribution >= 4 is 15.9 Å². The Morgan fingerprint density at radius 2 is 2.00 bits per heavy atom. The number of methoxy groups -OCH3 is 1. The van der Waals surface area contributed by atoms with Crippen molar-refractivity contribution in [1.29, 1.82) is 0 Å². The Kier molecular flexibility index (Phi) is 6.06. The SMILES string of the molecule is COc1ccc(S(=O)(=O)N2CCC[C@@H](C(=O)NCc3ccc4c(c3)OCO4)C2)cc1C. The van der Waals surface area contributed by atoms with E-state index >= 15 is 0 Å². The van der Waals surface area contributed by atoms with Gasteiger partial charge in [-0.05, 0) is 61.2 Å². The van der Waals surface area contributed by atoms with Crippen LogP contribution in [0, 0.1) is 12.8 Å².